The second-order valence-corrected chi connectivity index (χ2v) is 4.04. The van der Waals surface area contributed by atoms with Gasteiger partial charge in [0.2, 0.25) is 0 Å². The Morgan fingerprint density at radius 1 is 1.41 bits per heavy atom. The maximum Gasteiger partial charge on any atom is 0.297 e. The summed E-state index contributed by atoms with van der Waals surface area (Å²) in [5, 5.41) is 15.1. The Labute approximate surface area is 106 Å². The van der Waals surface area contributed by atoms with Gasteiger partial charge in [0, 0.05) is 23.4 Å². The summed E-state index contributed by atoms with van der Waals surface area (Å²) in [7, 11) is 0. The summed E-state index contributed by atoms with van der Waals surface area (Å²) < 4.78 is 1.24. The van der Waals surface area contributed by atoms with E-state index in [4.69, 9.17) is 28.9 Å². The molecule has 0 saturated heterocycles. The molecule has 6 nitrogen and oxygen atoms in total. The van der Waals surface area contributed by atoms with Gasteiger partial charge in [-0.15, -0.1) is 0 Å². The van der Waals surface area contributed by atoms with E-state index in [0.29, 0.717) is 0 Å². The number of hydrogen-bond acceptors (Lipinski definition) is 4. The smallest absolute Gasteiger partial charge is 0.297 e. The number of rotatable bonds is 2. The molecule has 0 aliphatic carbocycles. The molecule has 0 atom stereocenters. The number of nitrogens with two attached hydrogens (primary N) is 1. The quantitative estimate of drug-likeness (QED) is 0.673. The fourth-order valence-corrected chi connectivity index (χ4v) is 1.95. The number of nitrogen functional groups attached to an aromatic ring is 1. The Balaban J connectivity index is 2.71. The summed E-state index contributed by atoms with van der Waals surface area (Å²) in [4.78, 5) is 10.3. The van der Waals surface area contributed by atoms with E-state index in [2.05, 4.69) is 5.10 Å². The first-order chi connectivity index (χ1) is 7.99. The fourth-order valence-electron chi connectivity index (χ4n) is 1.38. The third-order valence-corrected chi connectivity index (χ3v) is 2.55. The van der Waals surface area contributed by atoms with Gasteiger partial charge < -0.3 is 5.73 Å². The van der Waals surface area contributed by atoms with Gasteiger partial charge in [-0.25, -0.2) is 4.68 Å². The minimum Gasteiger partial charge on any atom is -0.382 e. The monoisotopic (exact) mass is 272 g/mol. The van der Waals surface area contributed by atoms with Gasteiger partial charge >= 0.3 is 0 Å². The van der Waals surface area contributed by atoms with Crippen molar-refractivity contribution in [2.45, 2.75) is 0 Å². The second-order valence-electron chi connectivity index (χ2n) is 3.20. The Kier molecular flexibility index (Phi) is 2.91. The maximum absolute atomic E-state index is 10.9. The molecular formula is C9H6Cl2N4O2. The van der Waals surface area contributed by atoms with Crippen LogP contribution < -0.4 is 5.73 Å². The zero-order valence-corrected chi connectivity index (χ0v) is 9.81. The molecule has 2 rings (SSSR count). The van der Waals surface area contributed by atoms with Crippen LogP contribution in [0.1, 0.15) is 0 Å². The number of halogens is 2. The topological polar surface area (TPSA) is 87.0 Å². The third-order valence-electron chi connectivity index (χ3n) is 2.04. The lowest BCUT2D eigenvalue weighted by Crippen LogP contribution is -2.02. The molecule has 0 unspecified atom stereocenters. The normalized spacial score (nSPS) is 10.5. The van der Waals surface area contributed by atoms with E-state index in [0.717, 1.165) is 0 Å². The average Bonchev–Trinajstić information content (AvgIpc) is 2.63. The molecule has 0 aliphatic rings. The molecule has 1 aromatic heterocycles. The van der Waals surface area contributed by atoms with Crippen LogP contribution in [0.15, 0.2) is 24.4 Å². The first kappa shape index (κ1) is 11.7. The average molecular weight is 273 g/mol. The van der Waals surface area contributed by atoms with E-state index in [1.807, 2.05) is 0 Å². The Hall–Kier alpha value is -1.79. The second kappa shape index (κ2) is 4.23. The van der Waals surface area contributed by atoms with Crippen molar-refractivity contribution in [1.29, 1.82) is 0 Å². The molecule has 0 saturated carbocycles. The standard InChI is InChI=1S/C9H6Cl2N4O2/c10-5-3-6(11)9(7(4-5)15(16)17)14-2-1-8(12)13-14/h1-4H,(H2,12,13). The lowest BCUT2D eigenvalue weighted by atomic mass is 10.2. The first-order valence-electron chi connectivity index (χ1n) is 4.44. The van der Waals surface area contributed by atoms with Crippen LogP contribution in [-0.2, 0) is 0 Å². The van der Waals surface area contributed by atoms with Gasteiger partial charge in [-0.3, -0.25) is 10.1 Å². The highest BCUT2D eigenvalue weighted by Gasteiger charge is 2.20. The largest absolute Gasteiger partial charge is 0.382 e. The predicted molar refractivity (Wildman–Crippen MR) is 64.7 cm³/mol. The Morgan fingerprint density at radius 2 is 2.12 bits per heavy atom. The van der Waals surface area contributed by atoms with Gasteiger partial charge in [0.05, 0.1) is 9.95 Å². The summed E-state index contributed by atoms with van der Waals surface area (Å²) in [6.07, 6.45) is 1.48. The molecule has 2 N–H and O–H groups in total. The fraction of sp³-hybridized carbons (Fsp3) is 0. The van der Waals surface area contributed by atoms with E-state index in [1.165, 1.54) is 29.1 Å². The van der Waals surface area contributed by atoms with E-state index >= 15 is 0 Å². The van der Waals surface area contributed by atoms with Crippen LogP contribution in [-0.4, -0.2) is 14.7 Å². The SMILES string of the molecule is Nc1ccn(-c2c(Cl)cc(Cl)cc2[N+](=O)[O-])n1. The number of anilines is 1. The molecule has 0 bridgehead atoms. The molecule has 88 valence electrons. The van der Waals surface area contributed by atoms with Crippen LogP contribution in [0.4, 0.5) is 11.5 Å². The zero-order chi connectivity index (χ0) is 12.6. The van der Waals surface area contributed by atoms with Gasteiger partial charge in [0.1, 0.15) is 5.82 Å². The molecule has 17 heavy (non-hydrogen) atoms. The highest BCUT2D eigenvalue weighted by atomic mass is 35.5. The van der Waals surface area contributed by atoms with Crippen molar-refractivity contribution in [1.82, 2.24) is 9.78 Å². The maximum atomic E-state index is 10.9. The van der Waals surface area contributed by atoms with Crippen molar-refractivity contribution < 1.29 is 4.92 Å². The Morgan fingerprint density at radius 3 is 2.65 bits per heavy atom. The minimum absolute atomic E-state index is 0.132. The number of nitrogens with zero attached hydrogens (tertiary/aromatic N) is 3. The zero-order valence-electron chi connectivity index (χ0n) is 8.30. The number of hydrogen-bond donors (Lipinski definition) is 1. The van der Waals surface area contributed by atoms with Crippen molar-refractivity contribution in [3.63, 3.8) is 0 Å². The molecule has 0 aliphatic heterocycles. The van der Waals surface area contributed by atoms with Crippen molar-refractivity contribution >= 4 is 34.7 Å². The highest BCUT2D eigenvalue weighted by Crippen LogP contribution is 2.33. The van der Waals surface area contributed by atoms with Crippen molar-refractivity contribution in [2.75, 3.05) is 5.73 Å². The summed E-state index contributed by atoms with van der Waals surface area (Å²) in [6, 6.07) is 4.12. The number of benzene rings is 1. The van der Waals surface area contributed by atoms with Crippen LogP contribution in [0, 0.1) is 10.1 Å². The molecule has 0 radical (unpaired) electrons. The van der Waals surface area contributed by atoms with E-state index in [9.17, 15) is 10.1 Å². The third kappa shape index (κ3) is 2.17. The summed E-state index contributed by atoms with van der Waals surface area (Å²) >= 11 is 11.6. The van der Waals surface area contributed by atoms with Crippen LogP contribution in [0.2, 0.25) is 10.0 Å². The molecule has 8 heteroatoms. The number of aromatic nitrogens is 2. The van der Waals surface area contributed by atoms with Gasteiger partial charge in [-0.2, -0.15) is 5.10 Å². The lowest BCUT2D eigenvalue weighted by molar-refractivity contribution is -0.384. The number of nitro groups is 1. The molecular weight excluding hydrogens is 267 g/mol. The molecule has 1 heterocycles. The van der Waals surface area contributed by atoms with Crippen molar-refractivity contribution in [3.8, 4) is 5.69 Å². The highest BCUT2D eigenvalue weighted by molar-refractivity contribution is 6.36. The van der Waals surface area contributed by atoms with Gasteiger partial charge in [0.25, 0.3) is 5.69 Å². The van der Waals surface area contributed by atoms with Crippen LogP contribution in [0.25, 0.3) is 5.69 Å². The molecule has 2 aromatic rings. The molecule has 0 amide bonds. The van der Waals surface area contributed by atoms with E-state index < -0.39 is 4.92 Å². The summed E-state index contributed by atoms with van der Waals surface area (Å²) in [5.41, 5.74) is 5.36. The molecule has 0 fully saturated rings. The summed E-state index contributed by atoms with van der Waals surface area (Å²) in [6.45, 7) is 0. The Bertz CT molecular complexity index is 597. The van der Waals surface area contributed by atoms with E-state index in [-0.39, 0.29) is 27.2 Å². The van der Waals surface area contributed by atoms with Crippen LogP contribution in [0.5, 0.6) is 0 Å². The van der Waals surface area contributed by atoms with Gasteiger partial charge in [-0.05, 0) is 6.07 Å². The summed E-state index contributed by atoms with van der Waals surface area (Å²) in [5.74, 6) is 0.241. The van der Waals surface area contributed by atoms with E-state index in [1.54, 1.807) is 0 Å². The van der Waals surface area contributed by atoms with Gasteiger partial charge in [0.15, 0.2) is 5.69 Å². The van der Waals surface area contributed by atoms with Crippen LogP contribution >= 0.6 is 23.2 Å². The van der Waals surface area contributed by atoms with Gasteiger partial charge in [-0.1, -0.05) is 23.2 Å². The van der Waals surface area contributed by atoms with Crippen LogP contribution in [0.3, 0.4) is 0 Å². The first-order valence-corrected chi connectivity index (χ1v) is 5.19. The lowest BCUT2D eigenvalue weighted by Gasteiger charge is -2.05. The molecule has 0 spiro atoms. The molecule has 1 aromatic carbocycles. The van der Waals surface area contributed by atoms with Crippen molar-refractivity contribution in [3.05, 3.63) is 44.6 Å². The minimum atomic E-state index is -0.578. The van der Waals surface area contributed by atoms with Crippen molar-refractivity contribution in [2.24, 2.45) is 0 Å². The predicted octanol–water partition coefficient (Wildman–Crippen LogP) is 2.67. The number of nitro benzene ring substituents is 1.